The molecule has 0 saturated carbocycles. The summed E-state index contributed by atoms with van der Waals surface area (Å²) in [4.78, 5) is 0. The van der Waals surface area contributed by atoms with Crippen molar-refractivity contribution in [2.45, 2.75) is 26.2 Å². The summed E-state index contributed by atoms with van der Waals surface area (Å²) < 4.78 is 0. The van der Waals surface area contributed by atoms with Crippen molar-refractivity contribution in [3.8, 4) is 11.1 Å². The zero-order valence-corrected chi connectivity index (χ0v) is 14.8. The second kappa shape index (κ2) is 7.11. The van der Waals surface area contributed by atoms with Crippen molar-refractivity contribution in [3.05, 3.63) is 102 Å². The Bertz CT molecular complexity index is 855. The molecule has 0 heterocycles. The number of allylic oxidation sites excluding steroid dienone is 8. The fourth-order valence-electron chi connectivity index (χ4n) is 3.65. The number of rotatable bonds is 3. The minimum atomic E-state index is 0.522. The molecule has 0 aliphatic heterocycles. The average Bonchev–Trinajstić information content (AvgIpc) is 2.70. The first-order valence-electron chi connectivity index (χ1n) is 9.21. The van der Waals surface area contributed by atoms with Gasteiger partial charge in [-0.05, 0) is 54.0 Å². The van der Waals surface area contributed by atoms with Gasteiger partial charge in [-0.1, -0.05) is 90.6 Å². The Morgan fingerprint density at radius 2 is 1.48 bits per heavy atom. The van der Waals surface area contributed by atoms with Crippen LogP contribution in [0.3, 0.4) is 0 Å². The van der Waals surface area contributed by atoms with Gasteiger partial charge in [0.05, 0.1) is 0 Å². The Morgan fingerprint density at radius 1 is 0.800 bits per heavy atom. The first-order chi connectivity index (χ1) is 12.3. The SMILES string of the molecule is Cc1ccc(-c2ccc(C3=CC=CC(C4=CCCC=C4)C3)cc2)cc1. The van der Waals surface area contributed by atoms with Crippen molar-refractivity contribution in [1.29, 1.82) is 0 Å². The van der Waals surface area contributed by atoms with Gasteiger partial charge in [0, 0.05) is 5.92 Å². The average molecular weight is 324 g/mol. The summed E-state index contributed by atoms with van der Waals surface area (Å²) in [6.45, 7) is 2.13. The maximum absolute atomic E-state index is 2.40. The molecular formula is C25H24. The lowest BCUT2D eigenvalue weighted by atomic mass is 9.83. The van der Waals surface area contributed by atoms with Crippen LogP contribution in [0.1, 0.15) is 30.4 Å². The number of hydrogen-bond donors (Lipinski definition) is 0. The fourth-order valence-corrected chi connectivity index (χ4v) is 3.65. The Hall–Kier alpha value is -2.60. The minimum absolute atomic E-state index is 0.522. The molecule has 2 aromatic carbocycles. The van der Waals surface area contributed by atoms with Gasteiger partial charge in [0.1, 0.15) is 0 Å². The molecule has 0 N–H and O–H groups in total. The lowest BCUT2D eigenvalue weighted by Crippen LogP contribution is -2.05. The first kappa shape index (κ1) is 15.9. The van der Waals surface area contributed by atoms with E-state index in [2.05, 4.69) is 91.9 Å². The molecule has 0 nitrogen and oxygen atoms in total. The van der Waals surface area contributed by atoms with Crippen LogP contribution in [0, 0.1) is 12.8 Å². The van der Waals surface area contributed by atoms with Gasteiger partial charge in [0.15, 0.2) is 0 Å². The smallest absolute Gasteiger partial charge is 0.00584 e. The molecule has 2 aliphatic rings. The molecule has 2 aromatic rings. The van der Waals surface area contributed by atoms with Gasteiger partial charge in [-0.25, -0.2) is 0 Å². The molecule has 0 aromatic heterocycles. The lowest BCUT2D eigenvalue weighted by Gasteiger charge is -2.21. The van der Waals surface area contributed by atoms with E-state index in [1.807, 2.05) is 0 Å². The van der Waals surface area contributed by atoms with E-state index in [1.54, 1.807) is 0 Å². The van der Waals surface area contributed by atoms with Crippen molar-refractivity contribution >= 4 is 5.57 Å². The summed E-state index contributed by atoms with van der Waals surface area (Å²) in [5.74, 6) is 0.522. The van der Waals surface area contributed by atoms with Gasteiger partial charge in [0.2, 0.25) is 0 Å². The molecular weight excluding hydrogens is 300 g/mol. The van der Waals surface area contributed by atoms with Crippen LogP contribution in [0.5, 0.6) is 0 Å². The summed E-state index contributed by atoms with van der Waals surface area (Å²) in [6, 6.07) is 17.8. The summed E-state index contributed by atoms with van der Waals surface area (Å²) in [6.07, 6.45) is 17.3. The highest BCUT2D eigenvalue weighted by molar-refractivity contribution is 5.72. The summed E-state index contributed by atoms with van der Waals surface area (Å²) in [7, 11) is 0. The largest absolute Gasteiger partial charge is 0.0839 e. The maximum atomic E-state index is 2.40. The van der Waals surface area contributed by atoms with Crippen LogP contribution in [0.4, 0.5) is 0 Å². The second-order valence-electron chi connectivity index (χ2n) is 7.01. The van der Waals surface area contributed by atoms with Gasteiger partial charge in [-0.15, -0.1) is 0 Å². The van der Waals surface area contributed by atoms with Gasteiger partial charge in [-0.2, -0.15) is 0 Å². The van der Waals surface area contributed by atoms with Crippen molar-refractivity contribution in [2.75, 3.05) is 0 Å². The van der Waals surface area contributed by atoms with Gasteiger partial charge >= 0.3 is 0 Å². The molecule has 0 spiro atoms. The summed E-state index contributed by atoms with van der Waals surface area (Å²) >= 11 is 0. The molecule has 1 atom stereocenters. The standard InChI is InChI=1S/C25H24/c1-19-10-12-21(13-11-19)22-14-16-23(17-15-22)25-9-5-8-24(18-25)20-6-3-2-4-7-20/h3,5-17,24H,2,4,18H2,1H3. The zero-order valence-electron chi connectivity index (χ0n) is 14.8. The van der Waals surface area contributed by atoms with Gasteiger partial charge in [-0.3, -0.25) is 0 Å². The molecule has 0 bridgehead atoms. The van der Waals surface area contributed by atoms with Crippen molar-refractivity contribution < 1.29 is 0 Å². The third kappa shape index (κ3) is 3.58. The fraction of sp³-hybridized carbons (Fsp3) is 0.200. The van der Waals surface area contributed by atoms with Gasteiger partial charge in [0.25, 0.3) is 0 Å². The van der Waals surface area contributed by atoms with Crippen LogP contribution in [-0.2, 0) is 0 Å². The van der Waals surface area contributed by atoms with Crippen molar-refractivity contribution in [3.63, 3.8) is 0 Å². The van der Waals surface area contributed by atoms with Crippen LogP contribution in [-0.4, -0.2) is 0 Å². The van der Waals surface area contributed by atoms with E-state index in [9.17, 15) is 0 Å². The molecule has 25 heavy (non-hydrogen) atoms. The Labute approximate surface area is 150 Å². The predicted octanol–water partition coefficient (Wildman–Crippen LogP) is 6.90. The summed E-state index contributed by atoms with van der Waals surface area (Å²) in [5.41, 5.74) is 8.12. The zero-order chi connectivity index (χ0) is 17.1. The van der Waals surface area contributed by atoms with Crippen LogP contribution in [0.25, 0.3) is 16.7 Å². The van der Waals surface area contributed by atoms with Crippen LogP contribution in [0.2, 0.25) is 0 Å². The van der Waals surface area contributed by atoms with Crippen LogP contribution < -0.4 is 0 Å². The Kier molecular flexibility index (Phi) is 4.52. The minimum Gasteiger partial charge on any atom is -0.0839 e. The lowest BCUT2D eigenvalue weighted by molar-refractivity contribution is 0.782. The highest BCUT2D eigenvalue weighted by atomic mass is 14.2. The summed E-state index contributed by atoms with van der Waals surface area (Å²) in [5, 5.41) is 0. The second-order valence-corrected chi connectivity index (χ2v) is 7.01. The third-order valence-electron chi connectivity index (χ3n) is 5.17. The maximum Gasteiger partial charge on any atom is 0.00584 e. The van der Waals surface area contributed by atoms with E-state index in [1.165, 1.54) is 46.2 Å². The third-order valence-corrected chi connectivity index (χ3v) is 5.17. The molecule has 0 radical (unpaired) electrons. The van der Waals surface area contributed by atoms with E-state index in [0.717, 1.165) is 6.42 Å². The molecule has 4 rings (SSSR count). The normalized spacial score (nSPS) is 19.5. The number of benzene rings is 2. The molecule has 0 fully saturated rings. The molecule has 124 valence electrons. The van der Waals surface area contributed by atoms with Crippen LogP contribution in [0.15, 0.2) is 90.6 Å². The van der Waals surface area contributed by atoms with E-state index in [-0.39, 0.29) is 0 Å². The highest BCUT2D eigenvalue weighted by Crippen LogP contribution is 2.34. The molecule has 1 unspecified atom stereocenters. The topological polar surface area (TPSA) is 0 Å². The molecule has 2 aliphatic carbocycles. The predicted molar refractivity (Wildman–Crippen MR) is 108 cm³/mol. The van der Waals surface area contributed by atoms with Gasteiger partial charge < -0.3 is 0 Å². The molecule has 0 heteroatoms. The number of aryl methyl sites for hydroxylation is 1. The van der Waals surface area contributed by atoms with E-state index >= 15 is 0 Å². The first-order valence-corrected chi connectivity index (χ1v) is 9.21. The molecule has 0 amide bonds. The molecule has 0 saturated heterocycles. The van der Waals surface area contributed by atoms with Crippen LogP contribution >= 0.6 is 0 Å². The number of hydrogen-bond acceptors (Lipinski definition) is 0. The van der Waals surface area contributed by atoms with E-state index < -0.39 is 0 Å². The van der Waals surface area contributed by atoms with Crippen molar-refractivity contribution in [1.82, 2.24) is 0 Å². The van der Waals surface area contributed by atoms with E-state index in [4.69, 9.17) is 0 Å². The van der Waals surface area contributed by atoms with Crippen molar-refractivity contribution in [2.24, 2.45) is 5.92 Å². The highest BCUT2D eigenvalue weighted by Gasteiger charge is 2.16. The van der Waals surface area contributed by atoms with E-state index in [0.29, 0.717) is 5.92 Å². The Balaban J connectivity index is 1.53. The Morgan fingerprint density at radius 3 is 2.16 bits per heavy atom. The monoisotopic (exact) mass is 324 g/mol. The quantitative estimate of drug-likeness (QED) is 0.576.